The minimum absolute atomic E-state index is 0.0772. The van der Waals surface area contributed by atoms with Crippen LogP contribution in [0.3, 0.4) is 0 Å². The maximum Gasteiger partial charge on any atom is 0.264 e. The van der Waals surface area contributed by atoms with Crippen molar-refractivity contribution in [1.29, 1.82) is 0 Å². The van der Waals surface area contributed by atoms with Crippen molar-refractivity contribution < 1.29 is 4.79 Å². The molecule has 5 nitrogen and oxygen atoms in total. The lowest BCUT2D eigenvalue weighted by atomic mass is 9.93. The third-order valence-corrected chi connectivity index (χ3v) is 7.04. The van der Waals surface area contributed by atoms with Crippen LogP contribution < -0.4 is 5.32 Å². The molecule has 2 aliphatic carbocycles. The van der Waals surface area contributed by atoms with Crippen LogP contribution in [0.5, 0.6) is 0 Å². The van der Waals surface area contributed by atoms with E-state index < -0.39 is 0 Å². The zero-order valence-corrected chi connectivity index (χ0v) is 17.3. The van der Waals surface area contributed by atoms with Crippen molar-refractivity contribution in [3.8, 4) is 0 Å². The molecule has 144 valence electrons. The van der Waals surface area contributed by atoms with Gasteiger partial charge in [-0.3, -0.25) is 4.79 Å². The average molecular weight is 385 g/mol. The normalized spacial score (nSPS) is 23.5. The highest BCUT2D eigenvalue weighted by molar-refractivity contribution is 7.20. The molecule has 2 aromatic rings. The Bertz CT molecular complexity index is 888. The number of rotatable bonds is 6. The van der Waals surface area contributed by atoms with Crippen molar-refractivity contribution in [2.45, 2.75) is 33.6 Å². The molecule has 1 fully saturated rings. The zero-order chi connectivity index (χ0) is 19.1. The first-order chi connectivity index (χ1) is 12.9. The molecule has 0 radical (unpaired) electrons. The molecule has 0 saturated heterocycles. The summed E-state index contributed by atoms with van der Waals surface area (Å²) in [7, 11) is 1.87. The molecule has 2 bridgehead atoms. The number of carbonyl (C=O) groups is 1. The number of hydrogen-bond donors (Lipinski definition) is 1. The molecule has 1 amide bonds. The van der Waals surface area contributed by atoms with E-state index in [1.54, 1.807) is 6.33 Å². The Balaban J connectivity index is 1.56. The summed E-state index contributed by atoms with van der Waals surface area (Å²) in [6.07, 6.45) is 8.94. The molecule has 2 aliphatic rings. The van der Waals surface area contributed by atoms with Gasteiger partial charge in [0.05, 0.1) is 10.3 Å². The van der Waals surface area contributed by atoms with Crippen LogP contribution in [0.2, 0.25) is 0 Å². The van der Waals surface area contributed by atoms with Gasteiger partial charge in [-0.05, 0) is 49.0 Å². The number of allylic oxidation sites excluding steroid dienone is 2. The van der Waals surface area contributed by atoms with Crippen LogP contribution in [0.4, 0.5) is 5.82 Å². The van der Waals surface area contributed by atoms with Gasteiger partial charge in [-0.2, -0.15) is 0 Å². The summed E-state index contributed by atoms with van der Waals surface area (Å²) in [5, 5.41) is 4.57. The Labute approximate surface area is 164 Å². The number of fused-ring (bicyclic) bond motifs is 3. The Hall–Kier alpha value is -1.95. The maximum absolute atomic E-state index is 12.9. The molecule has 0 unspecified atom stereocenters. The van der Waals surface area contributed by atoms with Gasteiger partial charge in [-0.1, -0.05) is 26.0 Å². The van der Waals surface area contributed by atoms with Gasteiger partial charge in [0.15, 0.2) is 0 Å². The summed E-state index contributed by atoms with van der Waals surface area (Å²) in [6, 6.07) is 0. The zero-order valence-electron chi connectivity index (χ0n) is 16.5. The topological polar surface area (TPSA) is 58.1 Å². The second-order valence-corrected chi connectivity index (χ2v) is 9.46. The van der Waals surface area contributed by atoms with Gasteiger partial charge >= 0.3 is 0 Å². The van der Waals surface area contributed by atoms with Gasteiger partial charge in [0.25, 0.3) is 5.91 Å². The SMILES string of the molecule is Cc1c(C(=O)N(C)CC(C)C)sc2ncnc(NC[C@@H]3C[C@H]4C=C[C@@H]3C4)c12. The third kappa shape index (κ3) is 3.47. The lowest BCUT2D eigenvalue weighted by Crippen LogP contribution is -2.30. The van der Waals surface area contributed by atoms with Gasteiger partial charge in [0, 0.05) is 20.1 Å². The van der Waals surface area contributed by atoms with Crippen molar-refractivity contribution in [2.24, 2.45) is 23.7 Å². The minimum atomic E-state index is 0.0772. The minimum Gasteiger partial charge on any atom is -0.369 e. The summed E-state index contributed by atoms with van der Waals surface area (Å²) >= 11 is 1.48. The van der Waals surface area contributed by atoms with Gasteiger partial charge < -0.3 is 10.2 Å². The van der Waals surface area contributed by atoms with Crippen molar-refractivity contribution in [3.05, 3.63) is 28.9 Å². The second-order valence-electron chi connectivity index (χ2n) is 8.46. The number of aryl methyl sites for hydroxylation is 1. The molecule has 1 saturated carbocycles. The molecule has 3 atom stereocenters. The summed E-state index contributed by atoms with van der Waals surface area (Å²) in [4.78, 5) is 25.3. The maximum atomic E-state index is 12.9. The van der Waals surface area contributed by atoms with Gasteiger partial charge in [-0.25, -0.2) is 9.97 Å². The fourth-order valence-corrected chi connectivity index (χ4v) is 5.71. The number of nitrogens with zero attached hydrogens (tertiary/aromatic N) is 3. The van der Waals surface area contributed by atoms with Crippen LogP contribution >= 0.6 is 11.3 Å². The summed E-state index contributed by atoms with van der Waals surface area (Å²) < 4.78 is 0. The highest BCUT2D eigenvalue weighted by atomic mass is 32.1. The molecule has 0 spiro atoms. The highest BCUT2D eigenvalue weighted by Gasteiger charge is 2.35. The number of carbonyl (C=O) groups excluding carboxylic acids is 1. The number of amides is 1. The first-order valence-electron chi connectivity index (χ1n) is 9.85. The highest BCUT2D eigenvalue weighted by Crippen LogP contribution is 2.43. The van der Waals surface area contributed by atoms with E-state index in [4.69, 9.17) is 0 Å². The van der Waals surface area contributed by atoms with E-state index in [0.717, 1.165) is 45.5 Å². The van der Waals surface area contributed by atoms with Crippen LogP contribution in [0, 0.1) is 30.6 Å². The average Bonchev–Trinajstić information content (AvgIpc) is 3.33. The Morgan fingerprint density at radius 2 is 2.15 bits per heavy atom. The third-order valence-electron chi connectivity index (χ3n) is 5.85. The fraction of sp³-hybridized carbons (Fsp3) is 0.571. The Morgan fingerprint density at radius 3 is 2.81 bits per heavy atom. The molecule has 2 aromatic heterocycles. The number of anilines is 1. The summed E-state index contributed by atoms with van der Waals surface area (Å²) in [5.41, 5.74) is 0.992. The van der Waals surface area contributed by atoms with E-state index in [1.807, 2.05) is 18.9 Å². The first-order valence-corrected chi connectivity index (χ1v) is 10.7. The lowest BCUT2D eigenvalue weighted by molar-refractivity contribution is 0.0783. The quantitative estimate of drug-likeness (QED) is 0.752. The predicted molar refractivity (Wildman–Crippen MR) is 111 cm³/mol. The number of thiophene rings is 1. The molecule has 4 rings (SSSR count). The van der Waals surface area contributed by atoms with E-state index in [-0.39, 0.29) is 5.91 Å². The monoisotopic (exact) mass is 384 g/mol. The molecule has 6 heteroatoms. The second kappa shape index (κ2) is 7.23. The van der Waals surface area contributed by atoms with E-state index in [9.17, 15) is 4.79 Å². The van der Waals surface area contributed by atoms with Crippen LogP contribution in [0.25, 0.3) is 10.2 Å². The molecule has 1 N–H and O–H groups in total. The fourth-order valence-electron chi connectivity index (χ4n) is 4.57. The van der Waals surface area contributed by atoms with Crippen molar-refractivity contribution in [1.82, 2.24) is 14.9 Å². The molecule has 0 aliphatic heterocycles. The van der Waals surface area contributed by atoms with Crippen molar-refractivity contribution in [2.75, 3.05) is 25.5 Å². The summed E-state index contributed by atoms with van der Waals surface area (Å²) in [6.45, 7) is 7.95. The molecule has 27 heavy (non-hydrogen) atoms. The molecular weight excluding hydrogens is 356 g/mol. The Morgan fingerprint density at radius 1 is 1.33 bits per heavy atom. The standard InChI is InChI=1S/C21H28N4OS/c1-12(2)10-25(4)21(26)18-13(3)17-19(23-11-24-20(17)27-18)22-9-16-8-14-5-6-15(16)7-14/h5-6,11-12,14-16H,7-10H2,1-4H3,(H,22,23,24)/t14-,15+,16-/m0/s1. The molecule has 0 aromatic carbocycles. The van der Waals surface area contributed by atoms with Gasteiger partial charge in [0.2, 0.25) is 0 Å². The smallest absolute Gasteiger partial charge is 0.264 e. The van der Waals surface area contributed by atoms with Gasteiger partial charge in [-0.15, -0.1) is 11.3 Å². The Kier molecular flexibility index (Phi) is 4.93. The van der Waals surface area contributed by atoms with Crippen LogP contribution in [0.15, 0.2) is 18.5 Å². The number of hydrogen-bond acceptors (Lipinski definition) is 5. The van der Waals surface area contributed by atoms with E-state index in [1.165, 1.54) is 24.2 Å². The van der Waals surface area contributed by atoms with E-state index in [2.05, 4.69) is 41.3 Å². The van der Waals surface area contributed by atoms with Gasteiger partial charge in [0.1, 0.15) is 17.0 Å². The largest absolute Gasteiger partial charge is 0.369 e. The van der Waals surface area contributed by atoms with Crippen molar-refractivity contribution >= 4 is 33.3 Å². The number of nitrogens with one attached hydrogen (secondary N) is 1. The van der Waals surface area contributed by atoms with E-state index in [0.29, 0.717) is 17.8 Å². The van der Waals surface area contributed by atoms with E-state index >= 15 is 0 Å². The van der Waals surface area contributed by atoms with Crippen LogP contribution in [-0.2, 0) is 0 Å². The summed E-state index contributed by atoms with van der Waals surface area (Å²) in [5.74, 6) is 3.56. The first kappa shape index (κ1) is 18.4. The van der Waals surface area contributed by atoms with Crippen LogP contribution in [0.1, 0.15) is 41.9 Å². The lowest BCUT2D eigenvalue weighted by Gasteiger charge is -2.19. The molecular formula is C21H28N4OS. The molecule has 2 heterocycles. The van der Waals surface area contributed by atoms with Crippen LogP contribution in [-0.4, -0.2) is 40.9 Å². The van der Waals surface area contributed by atoms with Crippen molar-refractivity contribution in [3.63, 3.8) is 0 Å². The predicted octanol–water partition coefficient (Wildman–Crippen LogP) is 4.35. The number of aromatic nitrogens is 2.